The van der Waals surface area contributed by atoms with Crippen LogP contribution in [-0.2, 0) is 16.8 Å². The van der Waals surface area contributed by atoms with Crippen LogP contribution in [0.5, 0.6) is 0 Å². The van der Waals surface area contributed by atoms with Gasteiger partial charge in [0.2, 0.25) is 0 Å². The maximum atomic E-state index is 15.2. The molecule has 0 unspecified atom stereocenters. The van der Waals surface area contributed by atoms with Crippen molar-refractivity contribution < 1.29 is 23.4 Å². The Morgan fingerprint density at radius 1 is 1.19 bits per heavy atom. The SMILES string of the molecule is COC(=O)N[C@@H]1[C@H](N)CN(c2ccncc2Cc2ncc3ccc(-c4c(F)cc(C5(O)CCC5)cc4F)nn23)C[C@@H]1C. The quantitative estimate of drug-likeness (QED) is 0.317. The summed E-state index contributed by atoms with van der Waals surface area (Å²) in [6, 6.07) is 7.04. The Labute approximate surface area is 241 Å². The van der Waals surface area contributed by atoms with Crippen molar-refractivity contribution in [3.8, 4) is 11.3 Å². The number of ether oxygens (including phenoxy) is 1. The molecule has 0 bridgehead atoms. The number of hydrogen-bond donors (Lipinski definition) is 3. The monoisotopic (exact) mass is 577 g/mol. The first-order chi connectivity index (χ1) is 20.2. The molecule has 1 amide bonds. The normalized spacial score (nSPS) is 21.7. The molecule has 1 aliphatic carbocycles. The fourth-order valence-electron chi connectivity index (χ4n) is 6.08. The number of nitrogens with zero attached hydrogens (tertiary/aromatic N) is 5. The average Bonchev–Trinajstić information content (AvgIpc) is 3.35. The van der Waals surface area contributed by atoms with Crippen LogP contribution in [0.15, 0.2) is 48.9 Å². The van der Waals surface area contributed by atoms with Crippen LogP contribution < -0.4 is 16.0 Å². The van der Waals surface area contributed by atoms with E-state index >= 15 is 8.78 Å². The molecule has 4 N–H and O–H groups in total. The lowest BCUT2D eigenvalue weighted by Crippen LogP contribution is -2.62. The zero-order valence-corrected chi connectivity index (χ0v) is 23.4. The van der Waals surface area contributed by atoms with Crippen molar-refractivity contribution in [2.75, 3.05) is 25.1 Å². The Morgan fingerprint density at radius 2 is 1.95 bits per heavy atom. The topological polar surface area (TPSA) is 131 Å². The van der Waals surface area contributed by atoms with Crippen molar-refractivity contribution in [2.24, 2.45) is 11.7 Å². The molecule has 0 spiro atoms. The number of alkyl carbamates (subject to hydrolysis) is 1. The molecular weight excluding hydrogens is 544 g/mol. The number of amides is 1. The number of benzene rings is 1. The minimum atomic E-state index is -1.18. The van der Waals surface area contributed by atoms with Gasteiger partial charge in [0, 0.05) is 49.2 Å². The van der Waals surface area contributed by atoms with E-state index in [1.54, 1.807) is 35.2 Å². The molecule has 1 saturated heterocycles. The highest BCUT2D eigenvalue weighted by Gasteiger charge is 2.38. The first kappa shape index (κ1) is 28.0. The summed E-state index contributed by atoms with van der Waals surface area (Å²) in [5.74, 6) is -0.929. The molecule has 1 aromatic carbocycles. The third-order valence-corrected chi connectivity index (χ3v) is 8.52. The summed E-state index contributed by atoms with van der Waals surface area (Å²) in [4.78, 5) is 22.8. The predicted octanol–water partition coefficient (Wildman–Crippen LogP) is 3.54. The van der Waals surface area contributed by atoms with E-state index in [4.69, 9.17) is 10.5 Å². The van der Waals surface area contributed by atoms with Crippen LogP contribution in [0.25, 0.3) is 16.8 Å². The Kier molecular flexibility index (Phi) is 7.27. The number of carbonyl (C=O) groups is 1. The number of nitrogens with two attached hydrogens (primary N) is 1. The Hall–Kier alpha value is -4.16. The molecule has 2 fully saturated rings. The summed E-state index contributed by atoms with van der Waals surface area (Å²) in [7, 11) is 1.32. The highest BCUT2D eigenvalue weighted by molar-refractivity contribution is 5.68. The van der Waals surface area contributed by atoms with Crippen molar-refractivity contribution in [1.82, 2.24) is 24.9 Å². The van der Waals surface area contributed by atoms with Gasteiger partial charge in [-0.15, -0.1) is 0 Å². The van der Waals surface area contributed by atoms with Gasteiger partial charge < -0.3 is 25.8 Å². The van der Waals surface area contributed by atoms with Gasteiger partial charge in [0.25, 0.3) is 0 Å². The van der Waals surface area contributed by atoms with Gasteiger partial charge >= 0.3 is 6.09 Å². The Morgan fingerprint density at radius 3 is 2.62 bits per heavy atom. The van der Waals surface area contributed by atoms with E-state index in [2.05, 4.69) is 25.3 Å². The van der Waals surface area contributed by atoms with E-state index in [1.807, 2.05) is 13.0 Å². The number of rotatable bonds is 6. The second-order valence-corrected chi connectivity index (χ2v) is 11.3. The van der Waals surface area contributed by atoms with Gasteiger partial charge in [-0.2, -0.15) is 5.10 Å². The van der Waals surface area contributed by atoms with E-state index in [1.165, 1.54) is 19.2 Å². The number of aliphatic hydroxyl groups is 1. The van der Waals surface area contributed by atoms with Gasteiger partial charge in [-0.1, -0.05) is 6.92 Å². The Bertz CT molecular complexity index is 1610. The molecule has 3 atom stereocenters. The van der Waals surface area contributed by atoms with Crippen LogP contribution >= 0.6 is 0 Å². The fraction of sp³-hybridized carbons (Fsp3) is 0.400. The molecule has 1 saturated carbocycles. The number of pyridine rings is 1. The van der Waals surface area contributed by atoms with Crippen LogP contribution in [0, 0.1) is 17.6 Å². The number of nitrogens with one attached hydrogen (secondary N) is 1. The van der Waals surface area contributed by atoms with E-state index in [0.717, 1.165) is 17.7 Å². The maximum absolute atomic E-state index is 15.2. The fourth-order valence-corrected chi connectivity index (χ4v) is 6.08. The zero-order valence-electron chi connectivity index (χ0n) is 23.4. The number of piperidine rings is 1. The molecule has 1 aliphatic heterocycles. The van der Waals surface area contributed by atoms with Gasteiger partial charge in [-0.3, -0.25) is 4.98 Å². The van der Waals surface area contributed by atoms with Crippen molar-refractivity contribution >= 4 is 17.3 Å². The highest BCUT2D eigenvalue weighted by Crippen LogP contribution is 2.42. The molecule has 2 aliphatic rings. The summed E-state index contributed by atoms with van der Waals surface area (Å²) in [5, 5.41) is 18.0. The van der Waals surface area contributed by atoms with Crippen molar-refractivity contribution in [1.29, 1.82) is 0 Å². The van der Waals surface area contributed by atoms with Crippen LogP contribution in [-0.4, -0.2) is 63.1 Å². The number of carbonyl (C=O) groups excluding carboxylic acids is 1. The second-order valence-electron chi connectivity index (χ2n) is 11.3. The summed E-state index contributed by atoms with van der Waals surface area (Å²) in [6.07, 6.45) is 6.76. The van der Waals surface area contributed by atoms with E-state index < -0.39 is 23.3 Å². The zero-order chi connectivity index (χ0) is 29.6. The second kappa shape index (κ2) is 10.9. The number of methoxy groups -OCH3 is 1. The van der Waals surface area contributed by atoms with Crippen LogP contribution in [0.1, 0.15) is 43.1 Å². The lowest BCUT2D eigenvalue weighted by molar-refractivity contribution is -0.0392. The number of hydrogen-bond acceptors (Lipinski definition) is 8. The first-order valence-corrected chi connectivity index (χ1v) is 14.0. The van der Waals surface area contributed by atoms with Gasteiger partial charge in [-0.05, 0) is 61.1 Å². The first-order valence-electron chi connectivity index (χ1n) is 14.0. The lowest BCUT2D eigenvalue weighted by Gasteiger charge is -2.42. The molecule has 0 radical (unpaired) electrons. The van der Waals surface area contributed by atoms with Crippen LogP contribution in [0.3, 0.4) is 0 Å². The van der Waals surface area contributed by atoms with Crippen LogP contribution in [0.2, 0.25) is 0 Å². The van der Waals surface area contributed by atoms with Gasteiger partial charge in [0.05, 0.1) is 41.7 Å². The summed E-state index contributed by atoms with van der Waals surface area (Å²) in [6.45, 7) is 3.18. The number of fused-ring (bicyclic) bond motifs is 1. The molecule has 6 rings (SSSR count). The van der Waals surface area contributed by atoms with Gasteiger partial charge in [0.15, 0.2) is 0 Å². The standard InChI is InChI=1S/C30H33F2N7O3/c1-17-15-38(16-23(33)28(17)36-29(40)42-2)25-6-9-34-13-18(25)10-26-35-14-20-4-5-24(37-39(20)26)27-21(31)11-19(12-22(27)32)30(41)7-3-8-30/h4-6,9,11-14,17,23,28,41H,3,7-8,10,15-16,33H2,1-2H3,(H,36,40)/t17-,23+,28-/m0/s1. The highest BCUT2D eigenvalue weighted by atomic mass is 19.1. The van der Waals surface area contributed by atoms with E-state index in [0.29, 0.717) is 43.7 Å². The molecule has 10 nitrogen and oxygen atoms in total. The molecule has 12 heteroatoms. The summed E-state index contributed by atoms with van der Waals surface area (Å²) >= 11 is 0. The Balaban J connectivity index is 1.28. The lowest BCUT2D eigenvalue weighted by atomic mass is 9.75. The molecule has 4 heterocycles. The van der Waals surface area contributed by atoms with Crippen molar-refractivity contribution in [3.05, 3.63) is 77.5 Å². The third-order valence-electron chi connectivity index (χ3n) is 8.52. The van der Waals surface area contributed by atoms with Crippen molar-refractivity contribution in [3.63, 3.8) is 0 Å². The molecule has 4 aromatic rings. The number of imidazole rings is 1. The maximum Gasteiger partial charge on any atom is 0.407 e. The third kappa shape index (κ3) is 5.05. The van der Waals surface area contributed by atoms with Crippen LogP contribution in [0.4, 0.5) is 19.3 Å². The van der Waals surface area contributed by atoms with Gasteiger partial charge in [0.1, 0.15) is 17.5 Å². The van der Waals surface area contributed by atoms with Gasteiger partial charge in [-0.25, -0.2) is 23.1 Å². The predicted molar refractivity (Wildman–Crippen MR) is 152 cm³/mol. The van der Waals surface area contributed by atoms with Crippen molar-refractivity contribution in [2.45, 2.75) is 50.3 Å². The number of anilines is 1. The smallest absolute Gasteiger partial charge is 0.407 e. The van der Waals surface area contributed by atoms with E-state index in [-0.39, 0.29) is 34.8 Å². The number of halogens is 2. The average molecular weight is 578 g/mol. The molecular formula is C30H33F2N7O3. The molecule has 220 valence electrons. The molecule has 42 heavy (non-hydrogen) atoms. The minimum Gasteiger partial charge on any atom is -0.453 e. The van der Waals surface area contributed by atoms with E-state index in [9.17, 15) is 9.90 Å². The largest absolute Gasteiger partial charge is 0.453 e. The summed E-state index contributed by atoms with van der Waals surface area (Å²) in [5.41, 5.74) is 7.90. The summed E-state index contributed by atoms with van der Waals surface area (Å²) < 4.78 is 36.8. The molecule has 3 aromatic heterocycles. The minimum absolute atomic E-state index is 0.0477. The number of aromatic nitrogens is 4.